The van der Waals surface area contributed by atoms with Gasteiger partial charge in [-0.25, -0.2) is 0 Å². The molecule has 7 heteroatoms. The third-order valence-corrected chi connectivity index (χ3v) is 9.42. The Balaban J connectivity index is 1.62. The van der Waals surface area contributed by atoms with E-state index in [4.69, 9.17) is 4.74 Å². The van der Waals surface area contributed by atoms with Crippen molar-refractivity contribution in [1.82, 2.24) is 4.90 Å². The summed E-state index contributed by atoms with van der Waals surface area (Å²) < 4.78 is 3.55. The number of halogens is 2. The lowest BCUT2D eigenvalue weighted by molar-refractivity contribution is -0.153. The zero-order chi connectivity index (χ0) is 22.0. The number of benzene rings is 2. The quantitative estimate of drug-likeness (QED) is 0.243. The fourth-order valence-corrected chi connectivity index (χ4v) is 7.69. The van der Waals surface area contributed by atoms with E-state index in [1.54, 1.807) is 0 Å². The number of nitrogens with zero attached hydrogens (tertiary/aromatic N) is 1. The van der Waals surface area contributed by atoms with Gasteiger partial charge in [-0.1, -0.05) is 93.7 Å². The highest BCUT2D eigenvalue weighted by Gasteiger charge is 2.72. The average molecular weight is 547 g/mol. The van der Waals surface area contributed by atoms with E-state index < -0.39 is 26.5 Å². The predicted octanol–water partition coefficient (Wildman–Crippen LogP) is 4.24. The van der Waals surface area contributed by atoms with E-state index in [0.29, 0.717) is 6.61 Å². The molecule has 0 radical (unpaired) electrons. The summed E-state index contributed by atoms with van der Waals surface area (Å²) in [5.41, 5.74) is 3.89. The van der Waals surface area contributed by atoms with Crippen molar-refractivity contribution >= 4 is 49.6 Å². The van der Waals surface area contributed by atoms with Gasteiger partial charge in [0.05, 0.1) is 27.1 Å². The zero-order valence-corrected chi connectivity index (χ0v) is 20.1. The first kappa shape index (κ1) is 20.9. The topological polar surface area (TPSA) is 63.7 Å². The number of amides is 2. The summed E-state index contributed by atoms with van der Waals surface area (Å²) in [5.74, 6) is -2.55. The average Bonchev–Trinajstić information content (AvgIpc) is 3.03. The molecule has 0 N–H and O–H groups in total. The van der Waals surface area contributed by atoms with Crippen LogP contribution >= 0.6 is 31.9 Å². The van der Waals surface area contributed by atoms with Gasteiger partial charge in [0.15, 0.2) is 0 Å². The molecule has 0 spiro atoms. The molecular formula is C24H21Br2NO4. The van der Waals surface area contributed by atoms with Crippen LogP contribution in [0.3, 0.4) is 0 Å². The van der Waals surface area contributed by atoms with E-state index in [-0.39, 0.29) is 18.4 Å². The number of hydrogen-bond acceptors (Lipinski definition) is 4. The van der Waals surface area contributed by atoms with Crippen LogP contribution in [-0.2, 0) is 27.8 Å². The molecule has 1 saturated heterocycles. The van der Waals surface area contributed by atoms with Crippen molar-refractivity contribution in [3.05, 3.63) is 70.8 Å². The van der Waals surface area contributed by atoms with Crippen LogP contribution in [0.2, 0.25) is 0 Å². The molecule has 2 bridgehead atoms. The number of hydrogen-bond donors (Lipinski definition) is 0. The van der Waals surface area contributed by atoms with Crippen LogP contribution < -0.4 is 0 Å². The smallest absolute Gasteiger partial charge is 0.326 e. The molecule has 6 rings (SSSR count). The van der Waals surface area contributed by atoms with Crippen molar-refractivity contribution in [2.75, 3.05) is 13.2 Å². The summed E-state index contributed by atoms with van der Waals surface area (Å²) in [5, 5.41) is 0. The van der Waals surface area contributed by atoms with Crippen LogP contribution in [0.1, 0.15) is 42.0 Å². The Kier molecular flexibility index (Phi) is 4.90. The van der Waals surface area contributed by atoms with E-state index in [1.807, 2.05) is 55.5 Å². The van der Waals surface area contributed by atoms with Crippen LogP contribution in [0.25, 0.3) is 0 Å². The molecule has 1 aliphatic heterocycles. The first-order chi connectivity index (χ1) is 14.9. The number of alkyl halides is 2. The van der Waals surface area contributed by atoms with Gasteiger partial charge >= 0.3 is 5.97 Å². The van der Waals surface area contributed by atoms with Crippen LogP contribution in [-0.4, -0.2) is 35.8 Å². The van der Waals surface area contributed by atoms with Crippen molar-refractivity contribution in [3.8, 4) is 0 Å². The summed E-state index contributed by atoms with van der Waals surface area (Å²) >= 11 is 7.88. The number of rotatable bonds is 5. The molecular weight excluding hydrogens is 526 g/mol. The minimum Gasteiger partial charge on any atom is -0.464 e. The fraction of sp³-hybridized carbons (Fsp3) is 0.375. The number of imide groups is 1. The Bertz CT molecular complexity index is 993. The molecule has 1 fully saturated rings. The lowest BCUT2D eigenvalue weighted by atomic mass is 9.54. The molecule has 2 aromatic carbocycles. The van der Waals surface area contributed by atoms with Crippen LogP contribution in [0, 0.1) is 11.8 Å². The van der Waals surface area contributed by atoms with Crippen molar-refractivity contribution in [1.29, 1.82) is 0 Å². The summed E-state index contributed by atoms with van der Waals surface area (Å²) in [7, 11) is 0. The highest BCUT2D eigenvalue weighted by molar-refractivity contribution is 9.10. The van der Waals surface area contributed by atoms with Gasteiger partial charge in [0.2, 0.25) is 11.8 Å². The number of unbranched alkanes of at least 4 members (excludes halogenated alkanes) is 1. The second kappa shape index (κ2) is 7.27. The summed E-state index contributed by atoms with van der Waals surface area (Å²) in [4.78, 5) is 40.7. The van der Waals surface area contributed by atoms with Crippen molar-refractivity contribution in [2.24, 2.45) is 11.8 Å². The summed E-state index contributed by atoms with van der Waals surface area (Å²) in [6, 6.07) is 15.8. The molecule has 0 saturated carbocycles. The monoisotopic (exact) mass is 545 g/mol. The molecule has 2 aromatic rings. The SMILES string of the molecule is CCCCOC(=O)CN1C(=O)C2C(C1=O)C1(Br)c3ccccc3C2(Br)c2ccccc21. The second-order valence-corrected chi connectivity index (χ2v) is 10.8. The van der Waals surface area contributed by atoms with Crippen molar-refractivity contribution < 1.29 is 19.1 Å². The highest BCUT2D eigenvalue weighted by Crippen LogP contribution is 2.70. The fourth-order valence-electron chi connectivity index (χ4n) is 5.39. The maximum atomic E-state index is 13.6. The predicted molar refractivity (Wildman–Crippen MR) is 122 cm³/mol. The van der Waals surface area contributed by atoms with E-state index in [1.165, 1.54) is 0 Å². The lowest BCUT2D eigenvalue weighted by Gasteiger charge is -2.55. The molecule has 1 heterocycles. The van der Waals surface area contributed by atoms with Crippen molar-refractivity contribution in [2.45, 2.75) is 28.4 Å². The van der Waals surface area contributed by atoms with Gasteiger partial charge in [-0.15, -0.1) is 0 Å². The minimum atomic E-state index is -0.839. The molecule has 0 aromatic heterocycles. The van der Waals surface area contributed by atoms with Gasteiger partial charge in [0, 0.05) is 0 Å². The third kappa shape index (κ3) is 2.62. The van der Waals surface area contributed by atoms with Crippen LogP contribution in [0.15, 0.2) is 48.5 Å². The maximum Gasteiger partial charge on any atom is 0.326 e. The van der Waals surface area contributed by atoms with Gasteiger partial charge in [-0.3, -0.25) is 19.3 Å². The molecule has 2 amide bonds. The third-order valence-electron chi connectivity index (χ3n) is 6.72. The Labute approximate surface area is 197 Å². The number of carbonyl (C=O) groups is 3. The molecule has 3 aliphatic carbocycles. The van der Waals surface area contributed by atoms with Crippen LogP contribution in [0.5, 0.6) is 0 Å². The molecule has 2 unspecified atom stereocenters. The van der Waals surface area contributed by atoms with E-state index in [9.17, 15) is 14.4 Å². The first-order valence-electron chi connectivity index (χ1n) is 10.4. The molecule has 5 nitrogen and oxygen atoms in total. The van der Waals surface area contributed by atoms with Crippen molar-refractivity contribution in [3.63, 3.8) is 0 Å². The Morgan fingerprint density at radius 3 is 1.71 bits per heavy atom. The number of likely N-dealkylation sites (tertiary alicyclic amines) is 1. The van der Waals surface area contributed by atoms with E-state index in [2.05, 4.69) is 31.9 Å². The highest BCUT2D eigenvalue weighted by atomic mass is 79.9. The van der Waals surface area contributed by atoms with Gasteiger partial charge in [0.25, 0.3) is 0 Å². The van der Waals surface area contributed by atoms with E-state index >= 15 is 0 Å². The largest absolute Gasteiger partial charge is 0.464 e. The number of ether oxygens (including phenoxy) is 1. The van der Waals surface area contributed by atoms with Gasteiger partial charge in [-0.2, -0.15) is 0 Å². The minimum absolute atomic E-state index is 0.292. The Hall–Kier alpha value is -1.99. The first-order valence-corrected chi connectivity index (χ1v) is 12.0. The second-order valence-electron chi connectivity index (χ2n) is 8.31. The maximum absolute atomic E-state index is 13.6. The zero-order valence-electron chi connectivity index (χ0n) is 16.9. The molecule has 2 atom stereocenters. The van der Waals surface area contributed by atoms with E-state index in [0.717, 1.165) is 40.0 Å². The molecule has 160 valence electrons. The Morgan fingerprint density at radius 1 is 0.903 bits per heavy atom. The summed E-state index contributed by atoms with van der Waals surface area (Å²) in [6.07, 6.45) is 1.65. The lowest BCUT2D eigenvalue weighted by Crippen LogP contribution is -2.56. The molecule has 4 aliphatic rings. The Morgan fingerprint density at radius 2 is 1.32 bits per heavy atom. The van der Waals surface area contributed by atoms with Crippen LogP contribution in [0.4, 0.5) is 0 Å². The van der Waals surface area contributed by atoms with Gasteiger partial charge in [-0.05, 0) is 28.7 Å². The summed E-state index contributed by atoms with van der Waals surface area (Å²) in [6.45, 7) is 1.94. The standard InChI is InChI=1S/C24H21Br2NO4/c1-2-3-12-31-18(28)13-27-21(29)19-20(22(27)30)24(26)15-9-5-4-8-14(15)23(19,25)16-10-6-7-11-17(16)24/h4-11,19-20H,2-3,12-13H2,1H3. The van der Waals surface area contributed by atoms with Gasteiger partial charge in [0.1, 0.15) is 6.54 Å². The number of carbonyl (C=O) groups excluding carboxylic acids is 3. The normalized spacial score (nSPS) is 30.1. The molecule has 31 heavy (non-hydrogen) atoms. The number of esters is 1. The van der Waals surface area contributed by atoms with Gasteiger partial charge < -0.3 is 4.74 Å².